The third-order valence-electron chi connectivity index (χ3n) is 5.47. The first-order chi connectivity index (χ1) is 12.8. The fourth-order valence-electron chi connectivity index (χ4n) is 4.11. The van der Waals surface area contributed by atoms with Crippen molar-refractivity contribution in [3.05, 3.63) is 77.9 Å². The van der Waals surface area contributed by atoms with Gasteiger partial charge in [-0.1, -0.05) is 18.2 Å². The Bertz CT molecular complexity index is 856. The van der Waals surface area contributed by atoms with Crippen LogP contribution in [-0.4, -0.2) is 23.8 Å². The van der Waals surface area contributed by atoms with E-state index in [2.05, 4.69) is 52.0 Å². The minimum Gasteiger partial charge on any atom is -0.497 e. The third-order valence-corrected chi connectivity index (χ3v) is 5.47. The standard InChI is InChI=1S/C22H24N2O2/c1-25-18-6-3-16(4-7-18)20-9-5-17-13-19(26-2)8-10-21(17)22(20)14-24-12-11-23-15-24/h3-4,6-8,10-13,15,20,22H,5,9,14H2,1-2H3/t20-,22+/m0/s1. The average Bonchev–Trinajstić information content (AvgIpc) is 3.21. The van der Waals surface area contributed by atoms with Crippen molar-refractivity contribution in [2.75, 3.05) is 14.2 Å². The van der Waals surface area contributed by atoms with Crippen LogP contribution in [0.25, 0.3) is 0 Å². The largest absolute Gasteiger partial charge is 0.497 e. The molecule has 0 N–H and O–H groups in total. The smallest absolute Gasteiger partial charge is 0.119 e. The van der Waals surface area contributed by atoms with Crippen LogP contribution in [0.2, 0.25) is 0 Å². The highest BCUT2D eigenvalue weighted by molar-refractivity contribution is 5.43. The lowest BCUT2D eigenvalue weighted by molar-refractivity contribution is 0.403. The lowest BCUT2D eigenvalue weighted by atomic mass is 9.72. The SMILES string of the molecule is COc1ccc([C@@H]2CCc3cc(OC)ccc3[C@@H]2Cn2ccnc2)cc1. The number of imidazole rings is 1. The summed E-state index contributed by atoms with van der Waals surface area (Å²) in [6, 6.07) is 15.1. The topological polar surface area (TPSA) is 36.3 Å². The van der Waals surface area contributed by atoms with Crippen molar-refractivity contribution in [1.29, 1.82) is 0 Å². The highest BCUT2D eigenvalue weighted by Gasteiger charge is 2.31. The summed E-state index contributed by atoms with van der Waals surface area (Å²) < 4.78 is 12.9. The molecule has 0 saturated heterocycles. The maximum Gasteiger partial charge on any atom is 0.119 e. The van der Waals surface area contributed by atoms with Gasteiger partial charge in [-0.15, -0.1) is 0 Å². The molecule has 4 rings (SSSR count). The second kappa shape index (κ2) is 7.24. The highest BCUT2D eigenvalue weighted by Crippen LogP contribution is 2.44. The van der Waals surface area contributed by atoms with Gasteiger partial charge in [0.2, 0.25) is 0 Å². The van der Waals surface area contributed by atoms with Crippen molar-refractivity contribution < 1.29 is 9.47 Å². The van der Waals surface area contributed by atoms with Crippen LogP contribution in [0, 0.1) is 0 Å². The molecule has 0 spiro atoms. The van der Waals surface area contributed by atoms with Crippen LogP contribution < -0.4 is 9.47 Å². The molecule has 26 heavy (non-hydrogen) atoms. The first-order valence-electron chi connectivity index (χ1n) is 9.05. The van der Waals surface area contributed by atoms with E-state index in [1.165, 1.54) is 16.7 Å². The first-order valence-corrected chi connectivity index (χ1v) is 9.05. The van der Waals surface area contributed by atoms with Gasteiger partial charge in [-0.05, 0) is 59.7 Å². The first kappa shape index (κ1) is 16.7. The van der Waals surface area contributed by atoms with Crippen LogP contribution in [0.4, 0.5) is 0 Å². The number of hydrogen-bond donors (Lipinski definition) is 0. The molecule has 1 heterocycles. The number of ether oxygens (including phenoxy) is 2. The number of nitrogens with zero attached hydrogens (tertiary/aromatic N) is 2. The molecule has 4 heteroatoms. The average molecular weight is 348 g/mol. The van der Waals surface area contributed by atoms with Crippen molar-refractivity contribution in [3.8, 4) is 11.5 Å². The summed E-state index contributed by atoms with van der Waals surface area (Å²) in [7, 11) is 3.44. The zero-order valence-corrected chi connectivity index (χ0v) is 15.3. The number of rotatable bonds is 5. The van der Waals surface area contributed by atoms with Crippen LogP contribution in [0.5, 0.6) is 11.5 Å². The monoisotopic (exact) mass is 348 g/mol. The van der Waals surface area contributed by atoms with Gasteiger partial charge in [0.25, 0.3) is 0 Å². The van der Waals surface area contributed by atoms with E-state index in [0.29, 0.717) is 11.8 Å². The zero-order valence-electron chi connectivity index (χ0n) is 15.3. The predicted molar refractivity (Wildman–Crippen MR) is 102 cm³/mol. The minimum atomic E-state index is 0.409. The summed E-state index contributed by atoms with van der Waals surface area (Å²) in [4.78, 5) is 4.22. The molecule has 0 radical (unpaired) electrons. The number of benzene rings is 2. The van der Waals surface area contributed by atoms with Crippen LogP contribution >= 0.6 is 0 Å². The van der Waals surface area contributed by atoms with Gasteiger partial charge in [-0.2, -0.15) is 0 Å². The Kier molecular flexibility index (Phi) is 4.65. The molecule has 0 unspecified atom stereocenters. The summed E-state index contributed by atoms with van der Waals surface area (Å²) in [5, 5.41) is 0. The van der Waals surface area contributed by atoms with Crippen molar-refractivity contribution in [1.82, 2.24) is 9.55 Å². The molecule has 0 fully saturated rings. The fraction of sp³-hybridized carbons (Fsp3) is 0.318. The molecule has 0 amide bonds. The van der Waals surface area contributed by atoms with Crippen LogP contribution in [0.15, 0.2) is 61.2 Å². The summed E-state index contributed by atoms with van der Waals surface area (Å²) in [6.45, 7) is 0.927. The number of hydrogen-bond acceptors (Lipinski definition) is 3. The van der Waals surface area contributed by atoms with Gasteiger partial charge in [-0.3, -0.25) is 0 Å². The molecule has 4 nitrogen and oxygen atoms in total. The maximum atomic E-state index is 5.43. The van der Waals surface area contributed by atoms with Crippen LogP contribution in [0.1, 0.15) is 34.9 Å². The summed E-state index contributed by atoms with van der Waals surface area (Å²) >= 11 is 0. The van der Waals surface area contributed by atoms with Crippen molar-refractivity contribution in [2.24, 2.45) is 0 Å². The molecule has 0 aliphatic heterocycles. The van der Waals surface area contributed by atoms with Gasteiger partial charge in [0.05, 0.1) is 20.5 Å². The van der Waals surface area contributed by atoms with Gasteiger partial charge in [-0.25, -0.2) is 4.98 Å². The molecule has 3 aromatic rings. The number of fused-ring (bicyclic) bond motifs is 1. The Morgan fingerprint density at radius 2 is 1.81 bits per heavy atom. The molecule has 134 valence electrons. The van der Waals surface area contributed by atoms with Gasteiger partial charge in [0, 0.05) is 24.9 Å². The van der Waals surface area contributed by atoms with E-state index >= 15 is 0 Å². The lowest BCUT2D eigenvalue weighted by Gasteiger charge is -2.34. The zero-order chi connectivity index (χ0) is 17.9. The Morgan fingerprint density at radius 3 is 2.50 bits per heavy atom. The molecule has 0 saturated carbocycles. The third kappa shape index (κ3) is 3.19. The normalized spacial score (nSPS) is 19.0. The van der Waals surface area contributed by atoms with Gasteiger partial charge in [0.15, 0.2) is 0 Å². The Balaban J connectivity index is 1.72. The Morgan fingerprint density at radius 1 is 1.04 bits per heavy atom. The van der Waals surface area contributed by atoms with Crippen molar-refractivity contribution in [3.63, 3.8) is 0 Å². The Labute approximate surface area is 154 Å². The number of aryl methyl sites for hydroxylation is 1. The summed E-state index contributed by atoms with van der Waals surface area (Å²) in [5.74, 6) is 2.73. The highest BCUT2D eigenvalue weighted by atomic mass is 16.5. The summed E-state index contributed by atoms with van der Waals surface area (Å²) in [6.07, 6.45) is 8.00. The van der Waals surface area contributed by atoms with Crippen LogP contribution in [-0.2, 0) is 13.0 Å². The number of aromatic nitrogens is 2. The molecule has 1 aliphatic carbocycles. The van der Waals surface area contributed by atoms with E-state index < -0.39 is 0 Å². The van der Waals surface area contributed by atoms with Crippen LogP contribution in [0.3, 0.4) is 0 Å². The molecule has 0 bridgehead atoms. The second-order valence-corrected chi connectivity index (χ2v) is 6.85. The van der Waals surface area contributed by atoms with E-state index in [1.54, 1.807) is 14.2 Å². The minimum absolute atomic E-state index is 0.409. The molecular weight excluding hydrogens is 324 g/mol. The molecule has 1 aliphatic rings. The maximum absolute atomic E-state index is 5.43. The van der Waals surface area contributed by atoms with E-state index in [9.17, 15) is 0 Å². The van der Waals surface area contributed by atoms with Gasteiger partial charge >= 0.3 is 0 Å². The summed E-state index contributed by atoms with van der Waals surface area (Å²) in [5.41, 5.74) is 4.20. The molecule has 1 aromatic heterocycles. The van der Waals surface area contributed by atoms with E-state index in [0.717, 1.165) is 30.9 Å². The molecule has 2 aromatic carbocycles. The van der Waals surface area contributed by atoms with E-state index in [-0.39, 0.29) is 0 Å². The van der Waals surface area contributed by atoms with Gasteiger partial charge in [0.1, 0.15) is 11.5 Å². The Hall–Kier alpha value is -2.75. The number of methoxy groups -OCH3 is 2. The van der Waals surface area contributed by atoms with E-state index in [4.69, 9.17) is 9.47 Å². The molecular formula is C22H24N2O2. The predicted octanol–water partition coefficient (Wildman–Crippen LogP) is 4.41. The lowest BCUT2D eigenvalue weighted by Crippen LogP contribution is -2.23. The molecule has 2 atom stereocenters. The van der Waals surface area contributed by atoms with Crippen molar-refractivity contribution >= 4 is 0 Å². The van der Waals surface area contributed by atoms with E-state index in [1.807, 2.05) is 18.7 Å². The fourth-order valence-corrected chi connectivity index (χ4v) is 4.11. The van der Waals surface area contributed by atoms with Gasteiger partial charge < -0.3 is 14.0 Å². The quantitative estimate of drug-likeness (QED) is 0.685. The van der Waals surface area contributed by atoms with Crippen molar-refractivity contribution in [2.45, 2.75) is 31.2 Å². The second-order valence-electron chi connectivity index (χ2n) is 6.85.